The molecule has 2 aliphatic rings. The van der Waals surface area contributed by atoms with E-state index in [9.17, 15) is 9.59 Å². The van der Waals surface area contributed by atoms with E-state index >= 15 is 0 Å². The van der Waals surface area contributed by atoms with Crippen LogP contribution < -0.4 is 5.32 Å². The van der Waals surface area contributed by atoms with Gasteiger partial charge in [0.05, 0.1) is 6.61 Å². The van der Waals surface area contributed by atoms with Gasteiger partial charge in [-0.05, 0) is 45.4 Å². The molecule has 5 heteroatoms. The van der Waals surface area contributed by atoms with E-state index < -0.39 is 11.1 Å². The quantitative estimate of drug-likeness (QED) is 0.728. The van der Waals surface area contributed by atoms with E-state index in [0.29, 0.717) is 26.2 Å². The number of hydrogen-bond acceptors (Lipinski definition) is 3. The van der Waals surface area contributed by atoms with Crippen molar-refractivity contribution in [3.8, 4) is 0 Å². The summed E-state index contributed by atoms with van der Waals surface area (Å²) in [4.78, 5) is 27.3. The Morgan fingerprint density at radius 2 is 1.90 bits per heavy atom. The van der Waals surface area contributed by atoms with Crippen LogP contribution >= 0.6 is 0 Å². The van der Waals surface area contributed by atoms with Crippen molar-refractivity contribution >= 4 is 11.8 Å². The highest BCUT2D eigenvalue weighted by Gasteiger charge is 2.58. The third-order valence-electron chi connectivity index (χ3n) is 5.04. The summed E-state index contributed by atoms with van der Waals surface area (Å²) in [5.74, 6) is 0.304. The van der Waals surface area contributed by atoms with Crippen LogP contribution in [0.2, 0.25) is 0 Å². The van der Waals surface area contributed by atoms with Gasteiger partial charge in [0.25, 0.3) is 0 Å². The number of ether oxygens (including phenoxy) is 1. The molecule has 0 aromatic heterocycles. The fraction of sp³-hybridized carbons (Fsp3) is 0.875. The van der Waals surface area contributed by atoms with E-state index in [4.69, 9.17) is 4.74 Å². The van der Waals surface area contributed by atoms with Crippen molar-refractivity contribution < 1.29 is 14.3 Å². The first kappa shape index (κ1) is 16.3. The molecule has 2 unspecified atom stereocenters. The maximum atomic E-state index is 13.0. The van der Waals surface area contributed by atoms with Crippen LogP contribution in [0.3, 0.4) is 0 Å². The smallest absolute Gasteiger partial charge is 0.249 e. The van der Waals surface area contributed by atoms with Gasteiger partial charge in [0.15, 0.2) is 0 Å². The molecule has 1 saturated heterocycles. The normalized spacial score (nSPS) is 33.2. The lowest BCUT2D eigenvalue weighted by molar-refractivity contribution is -0.163. The van der Waals surface area contributed by atoms with Crippen molar-refractivity contribution in [2.75, 3.05) is 19.8 Å². The zero-order valence-corrected chi connectivity index (χ0v) is 13.7. The van der Waals surface area contributed by atoms with Crippen molar-refractivity contribution in [3.05, 3.63) is 0 Å². The first-order valence-corrected chi connectivity index (χ1v) is 8.12. The number of amides is 2. The van der Waals surface area contributed by atoms with Crippen LogP contribution in [-0.2, 0) is 14.3 Å². The molecule has 1 saturated carbocycles. The zero-order chi connectivity index (χ0) is 15.7. The van der Waals surface area contributed by atoms with Crippen molar-refractivity contribution in [2.24, 2.45) is 5.92 Å². The molecular weight excluding hydrogens is 268 g/mol. The lowest BCUT2D eigenvalue weighted by atomic mass is 9.83. The number of hydrogen-bond donors (Lipinski definition) is 1. The fourth-order valence-corrected chi connectivity index (χ4v) is 3.09. The highest BCUT2D eigenvalue weighted by Crippen LogP contribution is 2.44. The summed E-state index contributed by atoms with van der Waals surface area (Å²) in [5, 5.41) is 3.01. The van der Waals surface area contributed by atoms with Gasteiger partial charge in [-0.1, -0.05) is 13.8 Å². The van der Waals surface area contributed by atoms with Crippen LogP contribution in [0.4, 0.5) is 0 Å². The molecule has 1 heterocycles. The van der Waals surface area contributed by atoms with Gasteiger partial charge >= 0.3 is 0 Å². The molecule has 0 radical (unpaired) electrons. The molecule has 1 N–H and O–H groups in total. The van der Waals surface area contributed by atoms with Crippen molar-refractivity contribution in [3.63, 3.8) is 0 Å². The summed E-state index contributed by atoms with van der Waals surface area (Å²) < 4.78 is 5.53. The van der Waals surface area contributed by atoms with Gasteiger partial charge in [-0.2, -0.15) is 0 Å². The monoisotopic (exact) mass is 296 g/mol. The number of nitrogens with zero attached hydrogens (tertiary/aromatic N) is 1. The molecule has 120 valence electrons. The Labute approximate surface area is 127 Å². The molecule has 2 amide bonds. The van der Waals surface area contributed by atoms with E-state index in [1.807, 2.05) is 20.8 Å². The Bertz CT molecular complexity index is 422. The van der Waals surface area contributed by atoms with E-state index in [2.05, 4.69) is 12.2 Å². The second-order valence-electron chi connectivity index (χ2n) is 6.63. The molecule has 2 atom stereocenters. The molecule has 21 heavy (non-hydrogen) atoms. The molecule has 0 bridgehead atoms. The second-order valence-corrected chi connectivity index (χ2v) is 6.63. The van der Waals surface area contributed by atoms with Crippen LogP contribution in [0.15, 0.2) is 0 Å². The van der Waals surface area contributed by atoms with E-state index in [1.54, 1.807) is 4.90 Å². The first-order valence-electron chi connectivity index (χ1n) is 8.12. The summed E-state index contributed by atoms with van der Waals surface area (Å²) >= 11 is 0. The van der Waals surface area contributed by atoms with E-state index in [0.717, 1.165) is 19.3 Å². The molecule has 1 aliphatic carbocycles. The van der Waals surface area contributed by atoms with Crippen molar-refractivity contribution in [1.29, 1.82) is 0 Å². The predicted molar refractivity (Wildman–Crippen MR) is 80.8 cm³/mol. The minimum Gasteiger partial charge on any atom is -0.380 e. The average molecular weight is 296 g/mol. The standard InChI is InChI=1S/C16H28N2O3/c1-5-10-21-11-9-18-14(20)16(4,12-7-8-12)17-13(19)15(18,3)6-2/h12H,5-11H2,1-4H3,(H,17,19). The SMILES string of the molecule is CCCOCCN1C(=O)C(C)(C2CC2)NC(=O)C1(C)CC. The van der Waals surface area contributed by atoms with Gasteiger partial charge in [-0.15, -0.1) is 0 Å². The highest BCUT2D eigenvalue weighted by molar-refractivity contribution is 6.02. The van der Waals surface area contributed by atoms with Crippen LogP contribution in [0.1, 0.15) is 53.4 Å². The van der Waals surface area contributed by atoms with Gasteiger partial charge < -0.3 is 15.0 Å². The zero-order valence-electron chi connectivity index (χ0n) is 13.7. The maximum Gasteiger partial charge on any atom is 0.249 e. The van der Waals surface area contributed by atoms with Crippen molar-refractivity contribution in [2.45, 2.75) is 64.5 Å². The van der Waals surface area contributed by atoms with E-state index in [1.165, 1.54) is 0 Å². The number of nitrogens with one attached hydrogen (secondary N) is 1. The van der Waals surface area contributed by atoms with E-state index in [-0.39, 0.29) is 17.7 Å². The lowest BCUT2D eigenvalue weighted by Gasteiger charge is -2.50. The third-order valence-corrected chi connectivity index (χ3v) is 5.04. The number of carbonyl (C=O) groups is 2. The molecular formula is C16H28N2O3. The maximum absolute atomic E-state index is 13.0. The Morgan fingerprint density at radius 1 is 1.24 bits per heavy atom. The van der Waals surface area contributed by atoms with Crippen LogP contribution in [0, 0.1) is 5.92 Å². The summed E-state index contributed by atoms with van der Waals surface area (Å²) in [6, 6.07) is 0. The summed E-state index contributed by atoms with van der Waals surface area (Å²) in [6.45, 7) is 9.40. The van der Waals surface area contributed by atoms with Gasteiger partial charge in [-0.3, -0.25) is 9.59 Å². The molecule has 0 aromatic carbocycles. The number of piperazine rings is 1. The first-order chi connectivity index (χ1) is 9.90. The number of rotatable bonds is 7. The molecule has 5 nitrogen and oxygen atoms in total. The lowest BCUT2D eigenvalue weighted by Crippen LogP contribution is -2.75. The Balaban J connectivity index is 2.17. The molecule has 0 aromatic rings. The number of carbonyl (C=O) groups excluding carboxylic acids is 2. The molecule has 2 rings (SSSR count). The van der Waals surface area contributed by atoms with Gasteiger partial charge in [0.2, 0.25) is 11.8 Å². The van der Waals surface area contributed by atoms with Gasteiger partial charge in [0.1, 0.15) is 11.1 Å². The molecule has 2 fully saturated rings. The summed E-state index contributed by atoms with van der Waals surface area (Å²) in [6.07, 6.45) is 3.61. The minimum absolute atomic E-state index is 0.0329. The minimum atomic E-state index is -0.763. The third kappa shape index (κ3) is 2.80. The van der Waals surface area contributed by atoms with Crippen LogP contribution in [-0.4, -0.2) is 47.6 Å². The van der Waals surface area contributed by atoms with Crippen LogP contribution in [0.25, 0.3) is 0 Å². The van der Waals surface area contributed by atoms with Gasteiger partial charge in [0, 0.05) is 13.2 Å². The molecule has 1 aliphatic heterocycles. The van der Waals surface area contributed by atoms with Crippen molar-refractivity contribution in [1.82, 2.24) is 10.2 Å². The Morgan fingerprint density at radius 3 is 2.43 bits per heavy atom. The molecule has 0 spiro atoms. The van der Waals surface area contributed by atoms with Gasteiger partial charge in [-0.25, -0.2) is 0 Å². The topological polar surface area (TPSA) is 58.6 Å². The van der Waals surface area contributed by atoms with Crippen LogP contribution in [0.5, 0.6) is 0 Å². The fourth-order valence-electron chi connectivity index (χ4n) is 3.09. The Kier molecular flexibility index (Phi) is 4.61. The average Bonchev–Trinajstić information content (AvgIpc) is 3.29. The second kappa shape index (κ2) is 5.95. The highest BCUT2D eigenvalue weighted by atomic mass is 16.5. The Hall–Kier alpha value is -1.10. The largest absolute Gasteiger partial charge is 0.380 e. The summed E-state index contributed by atoms with van der Waals surface area (Å²) in [7, 11) is 0. The summed E-state index contributed by atoms with van der Waals surface area (Å²) in [5.41, 5.74) is -1.49. The predicted octanol–water partition coefficient (Wildman–Crippen LogP) is 1.71.